The molecular formula is C18H27N5O4. The first kappa shape index (κ1) is 19.2. The highest BCUT2D eigenvalue weighted by Gasteiger charge is 2.33. The molecule has 3 amide bonds. The molecule has 1 aromatic carbocycles. The van der Waals surface area contributed by atoms with Crippen molar-refractivity contribution in [2.24, 2.45) is 0 Å². The first-order chi connectivity index (χ1) is 13.0. The van der Waals surface area contributed by atoms with Crippen molar-refractivity contribution >= 4 is 17.6 Å². The number of hydrogen-bond acceptors (Lipinski definition) is 6. The fraction of sp³-hybridized carbons (Fsp3) is 0.556. The Kier molecular flexibility index (Phi) is 6.02. The molecule has 1 N–H and O–H groups in total. The highest BCUT2D eigenvalue weighted by Crippen LogP contribution is 2.34. The largest absolute Gasteiger partial charge is 0.497 e. The molecule has 9 heteroatoms. The Morgan fingerprint density at radius 3 is 2.48 bits per heavy atom. The van der Waals surface area contributed by atoms with Gasteiger partial charge in [-0.2, -0.15) is 0 Å². The topological polar surface area (TPSA) is 77.6 Å². The zero-order valence-corrected chi connectivity index (χ0v) is 16.1. The molecule has 2 aliphatic heterocycles. The Hall–Kier alpha value is -2.52. The average Bonchev–Trinajstić information content (AvgIpc) is 3.03. The van der Waals surface area contributed by atoms with Crippen molar-refractivity contribution in [2.45, 2.75) is 0 Å². The molecule has 2 saturated heterocycles. The zero-order valence-electron chi connectivity index (χ0n) is 16.1. The quantitative estimate of drug-likeness (QED) is 0.765. The second-order valence-corrected chi connectivity index (χ2v) is 6.72. The summed E-state index contributed by atoms with van der Waals surface area (Å²) in [4.78, 5) is 30.5. The van der Waals surface area contributed by atoms with Crippen molar-refractivity contribution in [2.75, 3.05) is 72.0 Å². The van der Waals surface area contributed by atoms with Crippen LogP contribution in [0.4, 0.5) is 10.5 Å². The lowest BCUT2D eigenvalue weighted by atomic mass is 10.2. The number of nitrogens with one attached hydrogen (secondary N) is 1. The van der Waals surface area contributed by atoms with Gasteiger partial charge in [0, 0.05) is 45.3 Å². The van der Waals surface area contributed by atoms with Gasteiger partial charge in [0.15, 0.2) is 0 Å². The van der Waals surface area contributed by atoms with Gasteiger partial charge in [-0.25, -0.2) is 9.80 Å². The minimum Gasteiger partial charge on any atom is -0.497 e. The van der Waals surface area contributed by atoms with Crippen molar-refractivity contribution in [1.29, 1.82) is 0 Å². The lowest BCUT2D eigenvalue weighted by Gasteiger charge is -2.32. The van der Waals surface area contributed by atoms with Gasteiger partial charge in [-0.05, 0) is 19.2 Å². The summed E-state index contributed by atoms with van der Waals surface area (Å²) in [7, 11) is 5.20. The number of carbonyl (C=O) groups excluding carboxylic acids is 2. The predicted molar refractivity (Wildman–Crippen MR) is 101 cm³/mol. The molecule has 2 fully saturated rings. The third kappa shape index (κ3) is 4.42. The number of urea groups is 1. The molecule has 0 atom stereocenters. The minimum atomic E-state index is -0.213. The monoisotopic (exact) mass is 377 g/mol. The molecule has 0 radical (unpaired) electrons. The van der Waals surface area contributed by atoms with Crippen LogP contribution in [0.15, 0.2) is 18.2 Å². The number of ether oxygens (including phenoxy) is 2. The van der Waals surface area contributed by atoms with Crippen molar-refractivity contribution in [3.8, 4) is 11.5 Å². The SMILES string of the molecule is COc1ccc(OC)c(N2CCN(CC(=O)NN3CCN(C)CC3)C2=O)c1. The van der Waals surface area contributed by atoms with E-state index < -0.39 is 0 Å². The summed E-state index contributed by atoms with van der Waals surface area (Å²) in [5.41, 5.74) is 3.54. The summed E-state index contributed by atoms with van der Waals surface area (Å²) < 4.78 is 10.6. The van der Waals surface area contributed by atoms with Gasteiger partial charge in [-0.1, -0.05) is 0 Å². The van der Waals surface area contributed by atoms with Crippen LogP contribution in [0.2, 0.25) is 0 Å². The van der Waals surface area contributed by atoms with Crippen LogP contribution < -0.4 is 19.8 Å². The number of hydrogen-bond donors (Lipinski definition) is 1. The first-order valence-corrected chi connectivity index (χ1v) is 9.03. The molecule has 0 aliphatic carbocycles. The number of nitrogens with zero attached hydrogens (tertiary/aromatic N) is 4. The van der Waals surface area contributed by atoms with Crippen LogP contribution in [0.5, 0.6) is 11.5 Å². The number of piperazine rings is 1. The van der Waals surface area contributed by atoms with Crippen molar-refractivity contribution < 1.29 is 19.1 Å². The summed E-state index contributed by atoms with van der Waals surface area (Å²) in [5.74, 6) is 1.06. The molecular weight excluding hydrogens is 350 g/mol. The van der Waals surface area contributed by atoms with E-state index in [1.807, 2.05) is 5.01 Å². The fourth-order valence-electron chi connectivity index (χ4n) is 3.26. The number of amides is 3. The Morgan fingerprint density at radius 1 is 1.07 bits per heavy atom. The molecule has 27 heavy (non-hydrogen) atoms. The molecule has 9 nitrogen and oxygen atoms in total. The van der Waals surface area contributed by atoms with Crippen LogP contribution in [0.25, 0.3) is 0 Å². The van der Waals surface area contributed by atoms with E-state index >= 15 is 0 Å². The number of rotatable bonds is 6. The highest BCUT2D eigenvalue weighted by molar-refractivity contribution is 5.97. The maximum absolute atomic E-state index is 12.8. The predicted octanol–water partition coefficient (Wildman–Crippen LogP) is 0.224. The van der Waals surface area contributed by atoms with Gasteiger partial charge in [0.05, 0.1) is 19.9 Å². The van der Waals surface area contributed by atoms with Crippen molar-refractivity contribution in [3.63, 3.8) is 0 Å². The molecule has 0 saturated carbocycles. The van der Waals surface area contributed by atoms with Gasteiger partial charge in [0.25, 0.3) is 5.91 Å². The van der Waals surface area contributed by atoms with E-state index in [0.29, 0.717) is 30.3 Å². The number of likely N-dealkylation sites (N-methyl/N-ethyl adjacent to an activating group) is 1. The van der Waals surface area contributed by atoms with Crippen molar-refractivity contribution in [1.82, 2.24) is 20.2 Å². The third-order valence-corrected chi connectivity index (χ3v) is 4.89. The Labute approximate surface area is 159 Å². The van der Waals surface area contributed by atoms with Crippen LogP contribution in [0, 0.1) is 0 Å². The molecule has 0 spiro atoms. The van der Waals surface area contributed by atoms with Crippen LogP contribution in [0.1, 0.15) is 0 Å². The normalized spacial score (nSPS) is 18.7. The molecule has 0 bridgehead atoms. The Bertz CT molecular complexity index is 690. The zero-order chi connectivity index (χ0) is 19.4. The van der Waals surface area contributed by atoms with Crippen molar-refractivity contribution in [3.05, 3.63) is 18.2 Å². The van der Waals surface area contributed by atoms with E-state index in [0.717, 1.165) is 26.2 Å². The molecule has 148 valence electrons. The van der Waals surface area contributed by atoms with E-state index in [-0.39, 0.29) is 18.5 Å². The lowest BCUT2D eigenvalue weighted by molar-refractivity contribution is -0.127. The summed E-state index contributed by atoms with van der Waals surface area (Å²) in [6, 6.07) is 5.11. The van der Waals surface area contributed by atoms with Crippen LogP contribution in [-0.4, -0.2) is 93.8 Å². The Balaban J connectivity index is 1.61. The number of anilines is 1. The maximum atomic E-state index is 12.8. The van der Waals surface area contributed by atoms with Gasteiger partial charge in [-0.15, -0.1) is 0 Å². The molecule has 2 aliphatic rings. The fourth-order valence-corrected chi connectivity index (χ4v) is 3.26. The molecule has 0 aromatic heterocycles. The smallest absolute Gasteiger partial charge is 0.325 e. The molecule has 3 rings (SSSR count). The van der Waals surface area contributed by atoms with Crippen LogP contribution >= 0.6 is 0 Å². The van der Waals surface area contributed by atoms with Crippen LogP contribution in [0.3, 0.4) is 0 Å². The molecule has 0 unspecified atom stereocenters. The number of hydrazine groups is 1. The lowest BCUT2D eigenvalue weighted by Crippen LogP contribution is -2.54. The summed E-state index contributed by atoms with van der Waals surface area (Å²) in [6.45, 7) is 4.39. The van der Waals surface area contributed by atoms with Gasteiger partial charge >= 0.3 is 6.03 Å². The van der Waals surface area contributed by atoms with Gasteiger partial charge < -0.3 is 19.3 Å². The first-order valence-electron chi connectivity index (χ1n) is 9.03. The van der Waals surface area contributed by atoms with E-state index in [9.17, 15) is 9.59 Å². The Morgan fingerprint density at radius 2 is 1.81 bits per heavy atom. The third-order valence-electron chi connectivity index (χ3n) is 4.89. The van der Waals surface area contributed by atoms with Crippen LogP contribution in [-0.2, 0) is 4.79 Å². The van der Waals surface area contributed by atoms with E-state index in [1.165, 1.54) is 0 Å². The van der Waals surface area contributed by atoms with Gasteiger partial charge in [0.1, 0.15) is 18.0 Å². The van der Waals surface area contributed by atoms with E-state index in [4.69, 9.17) is 9.47 Å². The van der Waals surface area contributed by atoms with E-state index in [2.05, 4.69) is 17.4 Å². The second kappa shape index (κ2) is 8.45. The summed E-state index contributed by atoms with van der Waals surface area (Å²) >= 11 is 0. The van der Waals surface area contributed by atoms with E-state index in [1.54, 1.807) is 42.2 Å². The standard InChI is InChI=1S/C18H27N5O4/c1-20-6-9-22(10-7-20)19-17(24)13-21-8-11-23(18(21)25)15-12-14(26-2)4-5-16(15)27-3/h4-5,12H,6-11,13H2,1-3H3,(H,19,24). The van der Waals surface area contributed by atoms with Gasteiger partial charge in [-0.3, -0.25) is 15.1 Å². The van der Waals surface area contributed by atoms with Gasteiger partial charge in [0.2, 0.25) is 0 Å². The summed E-state index contributed by atoms with van der Waals surface area (Å²) in [5, 5.41) is 1.91. The average molecular weight is 377 g/mol. The number of benzene rings is 1. The second-order valence-electron chi connectivity index (χ2n) is 6.72. The number of methoxy groups -OCH3 is 2. The molecule has 1 aromatic rings. The highest BCUT2D eigenvalue weighted by atomic mass is 16.5. The summed E-state index contributed by atoms with van der Waals surface area (Å²) in [6.07, 6.45) is 0. The maximum Gasteiger partial charge on any atom is 0.325 e. The minimum absolute atomic E-state index is 0.0357. The number of carbonyl (C=O) groups is 2. The molecule has 2 heterocycles.